The van der Waals surface area contributed by atoms with Crippen LogP contribution in [0.25, 0.3) is 0 Å². The Kier molecular flexibility index (Phi) is 4.69. The number of hydrogen-bond donors (Lipinski definition) is 2. The van der Waals surface area contributed by atoms with Crippen molar-refractivity contribution in [2.75, 3.05) is 0 Å². The zero-order valence-electron chi connectivity index (χ0n) is 10.0. The van der Waals surface area contributed by atoms with E-state index in [1.807, 2.05) is 37.3 Å². The number of carboxylic acid groups (broad SMARTS) is 1. The fraction of sp³-hybridized carbons (Fsp3) is 0.385. The molecule has 92 valence electrons. The predicted octanol–water partition coefficient (Wildman–Crippen LogP) is 1.97. The highest BCUT2D eigenvalue weighted by Crippen LogP contribution is 2.16. The summed E-state index contributed by atoms with van der Waals surface area (Å²) >= 11 is 0. The number of amides is 1. The molecular formula is C13H17NO3. The van der Waals surface area contributed by atoms with Crippen LogP contribution in [0.5, 0.6) is 0 Å². The Morgan fingerprint density at radius 2 is 1.88 bits per heavy atom. The van der Waals surface area contributed by atoms with Crippen LogP contribution in [0, 0.1) is 5.92 Å². The molecule has 1 amide bonds. The summed E-state index contributed by atoms with van der Waals surface area (Å²) in [5, 5.41) is 11.5. The van der Waals surface area contributed by atoms with E-state index in [0.717, 1.165) is 12.0 Å². The molecule has 1 aromatic carbocycles. The van der Waals surface area contributed by atoms with Gasteiger partial charge in [-0.15, -0.1) is 0 Å². The third-order valence-electron chi connectivity index (χ3n) is 2.69. The maximum Gasteiger partial charge on any atom is 0.315 e. The highest BCUT2D eigenvalue weighted by atomic mass is 16.4. The van der Waals surface area contributed by atoms with Crippen LogP contribution < -0.4 is 5.32 Å². The topological polar surface area (TPSA) is 66.4 Å². The lowest BCUT2D eigenvalue weighted by Gasteiger charge is -2.18. The lowest BCUT2D eigenvalue weighted by atomic mass is 10.0. The summed E-state index contributed by atoms with van der Waals surface area (Å²) in [5.74, 6) is -2.58. The molecule has 0 radical (unpaired) electrons. The van der Waals surface area contributed by atoms with Gasteiger partial charge in [0.15, 0.2) is 0 Å². The second-order valence-corrected chi connectivity index (χ2v) is 3.94. The molecule has 0 heterocycles. The van der Waals surface area contributed by atoms with E-state index in [1.54, 1.807) is 0 Å². The fourth-order valence-electron chi connectivity index (χ4n) is 1.52. The van der Waals surface area contributed by atoms with Crippen LogP contribution in [0.2, 0.25) is 0 Å². The van der Waals surface area contributed by atoms with E-state index in [1.165, 1.54) is 6.92 Å². The van der Waals surface area contributed by atoms with Gasteiger partial charge in [0.1, 0.15) is 5.92 Å². The van der Waals surface area contributed by atoms with E-state index in [4.69, 9.17) is 5.11 Å². The van der Waals surface area contributed by atoms with Gasteiger partial charge in [0, 0.05) is 0 Å². The Bertz CT molecular complexity index is 389. The Balaban J connectivity index is 2.71. The maximum atomic E-state index is 11.6. The first-order valence-electron chi connectivity index (χ1n) is 5.64. The molecule has 0 saturated heterocycles. The lowest BCUT2D eigenvalue weighted by Crippen LogP contribution is -2.36. The van der Waals surface area contributed by atoms with Gasteiger partial charge in [-0.25, -0.2) is 0 Å². The molecule has 0 aliphatic heterocycles. The molecule has 1 unspecified atom stereocenters. The number of nitrogens with one attached hydrogen (secondary N) is 1. The van der Waals surface area contributed by atoms with Gasteiger partial charge in [-0.05, 0) is 18.9 Å². The minimum Gasteiger partial charge on any atom is -0.481 e. The van der Waals surface area contributed by atoms with Crippen LogP contribution >= 0.6 is 0 Å². The molecule has 4 heteroatoms. The van der Waals surface area contributed by atoms with Gasteiger partial charge >= 0.3 is 5.97 Å². The molecule has 0 bridgehead atoms. The van der Waals surface area contributed by atoms with E-state index in [0.29, 0.717) is 0 Å². The zero-order valence-corrected chi connectivity index (χ0v) is 10.0. The highest BCUT2D eigenvalue weighted by Gasteiger charge is 2.22. The second kappa shape index (κ2) is 6.03. The minimum absolute atomic E-state index is 0.134. The van der Waals surface area contributed by atoms with Gasteiger partial charge in [-0.3, -0.25) is 9.59 Å². The van der Waals surface area contributed by atoms with Crippen molar-refractivity contribution in [3.05, 3.63) is 35.9 Å². The van der Waals surface area contributed by atoms with Crippen molar-refractivity contribution >= 4 is 11.9 Å². The first-order valence-corrected chi connectivity index (χ1v) is 5.64. The molecule has 17 heavy (non-hydrogen) atoms. The number of benzene rings is 1. The molecule has 0 aliphatic rings. The van der Waals surface area contributed by atoms with Crippen molar-refractivity contribution in [1.82, 2.24) is 5.32 Å². The van der Waals surface area contributed by atoms with Crippen LogP contribution in [0.3, 0.4) is 0 Å². The van der Waals surface area contributed by atoms with E-state index >= 15 is 0 Å². The van der Waals surface area contributed by atoms with Crippen molar-refractivity contribution in [3.8, 4) is 0 Å². The molecule has 0 aromatic heterocycles. The number of carbonyl (C=O) groups excluding carboxylic acids is 1. The summed E-state index contributed by atoms with van der Waals surface area (Å²) in [6.07, 6.45) is 0.724. The third-order valence-corrected chi connectivity index (χ3v) is 2.69. The minimum atomic E-state index is -1.11. The number of carbonyl (C=O) groups is 2. The first-order chi connectivity index (χ1) is 8.06. The van der Waals surface area contributed by atoms with Gasteiger partial charge in [-0.1, -0.05) is 37.3 Å². The highest BCUT2D eigenvalue weighted by molar-refractivity contribution is 5.96. The van der Waals surface area contributed by atoms with E-state index in [-0.39, 0.29) is 6.04 Å². The van der Waals surface area contributed by atoms with Crippen molar-refractivity contribution < 1.29 is 14.7 Å². The van der Waals surface area contributed by atoms with Crippen LogP contribution in [-0.4, -0.2) is 17.0 Å². The largest absolute Gasteiger partial charge is 0.481 e. The monoisotopic (exact) mass is 235 g/mol. The normalized spacial score (nSPS) is 13.8. The Morgan fingerprint density at radius 1 is 1.29 bits per heavy atom. The summed E-state index contributed by atoms with van der Waals surface area (Å²) in [5.41, 5.74) is 0.987. The van der Waals surface area contributed by atoms with Crippen LogP contribution in [-0.2, 0) is 9.59 Å². The quantitative estimate of drug-likeness (QED) is 0.767. The van der Waals surface area contributed by atoms with E-state index in [2.05, 4.69) is 5.32 Å². The van der Waals surface area contributed by atoms with Crippen molar-refractivity contribution in [3.63, 3.8) is 0 Å². The van der Waals surface area contributed by atoms with Crippen LogP contribution in [0.15, 0.2) is 30.3 Å². The molecular weight excluding hydrogens is 218 g/mol. The number of rotatable bonds is 5. The molecule has 0 saturated carbocycles. The molecule has 1 rings (SSSR count). The Morgan fingerprint density at radius 3 is 2.35 bits per heavy atom. The summed E-state index contributed by atoms with van der Waals surface area (Å²) in [6.45, 7) is 3.33. The number of aliphatic carboxylic acids is 1. The Labute approximate surface area is 101 Å². The maximum absolute atomic E-state index is 11.6. The van der Waals surface area contributed by atoms with Gasteiger partial charge in [-0.2, -0.15) is 0 Å². The summed E-state index contributed by atoms with van der Waals surface area (Å²) in [6, 6.07) is 9.39. The number of hydrogen-bond acceptors (Lipinski definition) is 2. The predicted molar refractivity (Wildman–Crippen MR) is 64.4 cm³/mol. The van der Waals surface area contributed by atoms with Gasteiger partial charge in [0.05, 0.1) is 6.04 Å². The van der Waals surface area contributed by atoms with Crippen molar-refractivity contribution in [2.45, 2.75) is 26.3 Å². The molecule has 0 aliphatic carbocycles. The van der Waals surface area contributed by atoms with Crippen molar-refractivity contribution in [2.24, 2.45) is 5.92 Å². The number of carboxylic acids is 1. The third kappa shape index (κ3) is 3.59. The standard InChI is InChI=1S/C13H17NO3/c1-3-11(10-7-5-4-6-8-10)14-12(15)9(2)13(16)17/h4-9,11H,3H2,1-2H3,(H,14,15)(H,16,17)/t9?,11-/m1/s1. The van der Waals surface area contributed by atoms with E-state index < -0.39 is 17.8 Å². The summed E-state index contributed by atoms with van der Waals surface area (Å²) < 4.78 is 0. The summed E-state index contributed by atoms with van der Waals surface area (Å²) in [7, 11) is 0. The van der Waals surface area contributed by atoms with Crippen LogP contribution in [0.4, 0.5) is 0 Å². The zero-order chi connectivity index (χ0) is 12.8. The molecule has 0 fully saturated rings. The van der Waals surface area contributed by atoms with E-state index in [9.17, 15) is 9.59 Å². The molecule has 0 spiro atoms. The molecule has 1 aromatic rings. The molecule has 4 nitrogen and oxygen atoms in total. The summed E-state index contributed by atoms with van der Waals surface area (Å²) in [4.78, 5) is 22.3. The lowest BCUT2D eigenvalue weighted by molar-refractivity contribution is -0.146. The van der Waals surface area contributed by atoms with Gasteiger partial charge in [0.25, 0.3) is 0 Å². The average Bonchev–Trinajstić information content (AvgIpc) is 2.35. The van der Waals surface area contributed by atoms with Crippen molar-refractivity contribution in [1.29, 1.82) is 0 Å². The average molecular weight is 235 g/mol. The fourth-order valence-corrected chi connectivity index (χ4v) is 1.52. The molecule has 2 N–H and O–H groups in total. The van der Waals surface area contributed by atoms with Crippen LogP contribution in [0.1, 0.15) is 31.9 Å². The van der Waals surface area contributed by atoms with Gasteiger partial charge in [0.2, 0.25) is 5.91 Å². The Hall–Kier alpha value is -1.84. The smallest absolute Gasteiger partial charge is 0.315 e. The first kappa shape index (κ1) is 13.2. The SMILES string of the molecule is CC[C@@H](NC(=O)C(C)C(=O)O)c1ccccc1. The van der Waals surface area contributed by atoms with Gasteiger partial charge < -0.3 is 10.4 Å². The second-order valence-electron chi connectivity index (χ2n) is 3.94. The molecule has 2 atom stereocenters.